The van der Waals surface area contributed by atoms with Crippen LogP contribution >= 0.6 is 0 Å². The van der Waals surface area contributed by atoms with Crippen molar-refractivity contribution in [3.05, 3.63) is 35.4 Å². The molecule has 1 heterocycles. The zero-order valence-electron chi connectivity index (χ0n) is 11.3. The highest BCUT2D eigenvalue weighted by Crippen LogP contribution is 2.30. The molecule has 0 saturated carbocycles. The molecule has 1 aromatic rings. The van der Waals surface area contributed by atoms with Gasteiger partial charge in [-0.05, 0) is 42.7 Å². The molecule has 0 bridgehead atoms. The molecule has 2 N–H and O–H groups in total. The Labute approximate surface area is 114 Å². The molecule has 2 unspecified atom stereocenters. The summed E-state index contributed by atoms with van der Waals surface area (Å²) in [5, 5.41) is 6.55. The first-order valence-electron chi connectivity index (χ1n) is 7.41. The van der Waals surface area contributed by atoms with E-state index in [1.54, 1.807) is 0 Å². The van der Waals surface area contributed by atoms with Gasteiger partial charge >= 0.3 is 0 Å². The maximum atomic E-state index is 11.1. The van der Waals surface area contributed by atoms with Crippen LogP contribution in [-0.2, 0) is 11.2 Å². The van der Waals surface area contributed by atoms with Crippen molar-refractivity contribution in [2.45, 2.75) is 44.1 Å². The van der Waals surface area contributed by atoms with Crippen LogP contribution in [0.1, 0.15) is 42.7 Å². The van der Waals surface area contributed by atoms with Gasteiger partial charge in [-0.1, -0.05) is 24.3 Å². The number of nitrogens with one attached hydrogen (secondary N) is 2. The van der Waals surface area contributed by atoms with Crippen molar-refractivity contribution in [1.29, 1.82) is 0 Å². The van der Waals surface area contributed by atoms with E-state index in [-0.39, 0.29) is 5.91 Å². The Morgan fingerprint density at radius 1 is 1.16 bits per heavy atom. The van der Waals surface area contributed by atoms with E-state index in [1.165, 1.54) is 30.4 Å². The molecule has 102 valence electrons. The van der Waals surface area contributed by atoms with E-state index in [0.29, 0.717) is 18.4 Å². The summed E-state index contributed by atoms with van der Waals surface area (Å²) in [6, 6.07) is 9.17. The zero-order chi connectivity index (χ0) is 13.1. The van der Waals surface area contributed by atoms with Gasteiger partial charge in [0.1, 0.15) is 0 Å². The Morgan fingerprint density at radius 2 is 2.05 bits per heavy atom. The van der Waals surface area contributed by atoms with E-state index in [0.717, 1.165) is 19.5 Å². The normalized spacial score (nSPS) is 26.0. The number of carbonyl (C=O) groups is 1. The second-order valence-corrected chi connectivity index (χ2v) is 5.75. The maximum absolute atomic E-state index is 11.1. The number of fused-ring (bicyclic) bond motifs is 1. The molecule has 0 aromatic heterocycles. The topological polar surface area (TPSA) is 41.1 Å². The van der Waals surface area contributed by atoms with E-state index >= 15 is 0 Å². The summed E-state index contributed by atoms with van der Waals surface area (Å²) in [4.78, 5) is 11.1. The minimum Gasteiger partial charge on any atom is -0.352 e. The van der Waals surface area contributed by atoms with Crippen molar-refractivity contribution in [1.82, 2.24) is 10.6 Å². The molecule has 2 atom stereocenters. The summed E-state index contributed by atoms with van der Waals surface area (Å²) < 4.78 is 0. The van der Waals surface area contributed by atoms with Crippen molar-refractivity contribution < 1.29 is 4.79 Å². The molecule has 0 radical (unpaired) electrons. The number of amides is 1. The first-order valence-corrected chi connectivity index (χ1v) is 7.41. The van der Waals surface area contributed by atoms with E-state index in [1.807, 2.05) is 0 Å². The van der Waals surface area contributed by atoms with Gasteiger partial charge in [0.15, 0.2) is 0 Å². The third kappa shape index (κ3) is 2.98. The smallest absolute Gasteiger partial charge is 0.220 e. The van der Waals surface area contributed by atoms with Crippen LogP contribution in [0.5, 0.6) is 0 Å². The van der Waals surface area contributed by atoms with E-state index in [2.05, 4.69) is 34.9 Å². The van der Waals surface area contributed by atoms with Gasteiger partial charge in [-0.2, -0.15) is 0 Å². The Morgan fingerprint density at radius 3 is 2.89 bits per heavy atom. The predicted octanol–water partition coefficient (Wildman–Crippen LogP) is 1.97. The molecule has 19 heavy (non-hydrogen) atoms. The Kier molecular flexibility index (Phi) is 3.83. The number of aryl methyl sites for hydroxylation is 1. The van der Waals surface area contributed by atoms with Crippen molar-refractivity contribution in [2.24, 2.45) is 0 Å². The van der Waals surface area contributed by atoms with Crippen LogP contribution in [0, 0.1) is 0 Å². The van der Waals surface area contributed by atoms with Crippen molar-refractivity contribution in [3.63, 3.8) is 0 Å². The van der Waals surface area contributed by atoms with Crippen LogP contribution in [0.3, 0.4) is 0 Å². The van der Waals surface area contributed by atoms with Crippen LogP contribution in [-0.4, -0.2) is 25.0 Å². The van der Waals surface area contributed by atoms with Gasteiger partial charge in [0.05, 0.1) is 0 Å². The molecule has 1 aliphatic carbocycles. The maximum Gasteiger partial charge on any atom is 0.220 e. The van der Waals surface area contributed by atoms with Gasteiger partial charge in [-0.15, -0.1) is 0 Å². The van der Waals surface area contributed by atoms with E-state index < -0.39 is 0 Å². The van der Waals surface area contributed by atoms with Crippen molar-refractivity contribution >= 4 is 5.91 Å². The lowest BCUT2D eigenvalue weighted by molar-refractivity contribution is -0.119. The number of rotatable bonds is 4. The quantitative estimate of drug-likeness (QED) is 0.867. The zero-order valence-corrected chi connectivity index (χ0v) is 11.3. The molecule has 1 aliphatic heterocycles. The summed E-state index contributed by atoms with van der Waals surface area (Å²) in [6.07, 6.45) is 5.47. The lowest BCUT2D eigenvalue weighted by atomic mass is 9.83. The molecule has 1 aromatic carbocycles. The average Bonchev–Trinajstić information content (AvgIpc) is 2.85. The second-order valence-electron chi connectivity index (χ2n) is 5.75. The summed E-state index contributed by atoms with van der Waals surface area (Å²) in [5.41, 5.74) is 3.05. The predicted molar refractivity (Wildman–Crippen MR) is 76.2 cm³/mol. The van der Waals surface area contributed by atoms with Crippen molar-refractivity contribution in [3.8, 4) is 0 Å². The first kappa shape index (κ1) is 12.7. The number of hydrogen-bond donors (Lipinski definition) is 2. The first-order chi connectivity index (χ1) is 9.33. The summed E-state index contributed by atoms with van der Waals surface area (Å²) in [5.74, 6) is 0.844. The summed E-state index contributed by atoms with van der Waals surface area (Å²) in [6.45, 7) is 1.94. The standard InChI is InChI=1S/C16H22N2O/c19-16-9-8-14(18-16)11-17-10-13-6-3-5-12-4-1-2-7-15(12)13/h1-2,4,7,13-14,17H,3,5-6,8-11H2,(H,18,19). The lowest BCUT2D eigenvalue weighted by Crippen LogP contribution is -2.37. The van der Waals surface area contributed by atoms with Gasteiger partial charge < -0.3 is 10.6 Å². The van der Waals surface area contributed by atoms with Gasteiger partial charge in [0.2, 0.25) is 5.91 Å². The van der Waals surface area contributed by atoms with Gasteiger partial charge in [-0.25, -0.2) is 0 Å². The average molecular weight is 258 g/mol. The molecule has 3 rings (SSSR count). The monoisotopic (exact) mass is 258 g/mol. The van der Waals surface area contributed by atoms with Crippen LogP contribution in [0.25, 0.3) is 0 Å². The molecule has 2 aliphatic rings. The minimum atomic E-state index is 0.204. The highest BCUT2D eigenvalue weighted by atomic mass is 16.1. The Hall–Kier alpha value is -1.35. The van der Waals surface area contributed by atoms with Gasteiger partial charge in [-0.3, -0.25) is 4.79 Å². The molecular weight excluding hydrogens is 236 g/mol. The second kappa shape index (κ2) is 5.74. The fourth-order valence-electron chi connectivity index (χ4n) is 3.33. The number of hydrogen-bond acceptors (Lipinski definition) is 2. The summed E-state index contributed by atoms with van der Waals surface area (Å²) >= 11 is 0. The largest absolute Gasteiger partial charge is 0.352 e. The molecule has 3 heteroatoms. The highest BCUT2D eigenvalue weighted by Gasteiger charge is 2.22. The molecule has 1 amide bonds. The van der Waals surface area contributed by atoms with Gasteiger partial charge in [0.25, 0.3) is 0 Å². The van der Waals surface area contributed by atoms with Crippen LogP contribution in [0.4, 0.5) is 0 Å². The fraction of sp³-hybridized carbons (Fsp3) is 0.562. The van der Waals surface area contributed by atoms with Crippen LogP contribution in [0.2, 0.25) is 0 Å². The van der Waals surface area contributed by atoms with Crippen LogP contribution in [0.15, 0.2) is 24.3 Å². The number of benzene rings is 1. The third-order valence-electron chi connectivity index (χ3n) is 4.36. The van der Waals surface area contributed by atoms with Crippen molar-refractivity contribution in [2.75, 3.05) is 13.1 Å². The molecular formula is C16H22N2O. The molecule has 1 saturated heterocycles. The third-order valence-corrected chi connectivity index (χ3v) is 4.36. The number of carbonyl (C=O) groups excluding carboxylic acids is 1. The van der Waals surface area contributed by atoms with Gasteiger partial charge in [0, 0.05) is 25.6 Å². The summed E-state index contributed by atoms with van der Waals surface area (Å²) in [7, 11) is 0. The SMILES string of the molecule is O=C1CCC(CNCC2CCCc3ccccc32)N1. The highest BCUT2D eigenvalue weighted by molar-refractivity contribution is 5.78. The van der Waals surface area contributed by atoms with E-state index in [4.69, 9.17) is 0 Å². The Balaban J connectivity index is 1.52. The fourth-order valence-corrected chi connectivity index (χ4v) is 3.33. The van der Waals surface area contributed by atoms with E-state index in [9.17, 15) is 4.79 Å². The minimum absolute atomic E-state index is 0.204. The van der Waals surface area contributed by atoms with Crippen LogP contribution < -0.4 is 10.6 Å². The Bertz CT molecular complexity index is 458. The molecule has 0 spiro atoms. The lowest BCUT2D eigenvalue weighted by Gasteiger charge is -2.26. The molecule has 1 fully saturated rings. The molecule has 3 nitrogen and oxygen atoms in total.